The normalized spacial score (nSPS) is 40.1. The van der Waals surface area contributed by atoms with Crippen LogP contribution in [-0.2, 0) is 18.3 Å². The topological polar surface area (TPSA) is 38.7 Å². The van der Waals surface area contributed by atoms with Gasteiger partial charge in [0, 0.05) is 5.41 Å². The van der Waals surface area contributed by atoms with E-state index in [1.54, 1.807) is 0 Å². The van der Waals surface area contributed by atoms with Crippen LogP contribution in [0.1, 0.15) is 81.4 Å². The minimum Gasteiger partial charge on any atom is -0.233 e. The van der Waals surface area contributed by atoms with E-state index in [1.165, 1.54) is 75.6 Å². The molecule has 4 atom stereocenters. The minimum absolute atomic E-state index is 0.299. The van der Waals surface area contributed by atoms with Gasteiger partial charge in [-0.1, -0.05) is 25.7 Å². The van der Waals surface area contributed by atoms with Crippen molar-refractivity contribution in [3.63, 3.8) is 0 Å². The molecule has 0 aliphatic heterocycles. The Balaban J connectivity index is 1.53. The first-order valence-electron chi connectivity index (χ1n) is 9.55. The van der Waals surface area contributed by atoms with E-state index < -0.39 is 0 Å². The Morgan fingerprint density at radius 3 is 2.59 bits per heavy atom. The number of aryl methyl sites for hydroxylation is 2. The summed E-state index contributed by atoms with van der Waals surface area (Å²) in [5, 5.41) is 9.34. The molecule has 3 fully saturated rings. The molecule has 3 nitrogen and oxygen atoms in total. The van der Waals surface area contributed by atoms with E-state index in [2.05, 4.69) is 5.10 Å². The molecule has 1 aromatic heterocycles. The van der Waals surface area contributed by atoms with Gasteiger partial charge in [-0.05, 0) is 69.1 Å². The molecule has 3 bridgehead atoms. The predicted octanol–water partition coefficient (Wildman–Crippen LogP) is 4.00. The summed E-state index contributed by atoms with van der Waals surface area (Å²) in [6.45, 7) is 0. The fourth-order valence-corrected chi connectivity index (χ4v) is 6.19. The second-order valence-corrected chi connectivity index (χ2v) is 8.53. The van der Waals surface area contributed by atoms with Crippen LogP contribution in [0.2, 0.25) is 0 Å². The monoisotopic (exact) mass is 297 g/mol. The molecule has 4 unspecified atom stereocenters. The van der Waals surface area contributed by atoms with Crippen molar-refractivity contribution in [2.24, 2.45) is 17.8 Å². The fourth-order valence-electron chi connectivity index (χ4n) is 6.19. The second kappa shape index (κ2) is 5.01. The summed E-state index contributed by atoms with van der Waals surface area (Å²) in [6, 6.07) is 0. The van der Waals surface area contributed by atoms with E-state index in [-0.39, 0.29) is 0 Å². The van der Waals surface area contributed by atoms with Gasteiger partial charge >= 0.3 is 0 Å². The Morgan fingerprint density at radius 1 is 0.773 bits per heavy atom. The summed E-state index contributed by atoms with van der Waals surface area (Å²) in [5.41, 5.74) is 2.78. The zero-order valence-corrected chi connectivity index (χ0v) is 13.6. The van der Waals surface area contributed by atoms with Crippen molar-refractivity contribution < 1.29 is 0 Å². The standard InChI is InChI=1S/C19H27N3/c1-2-7-16-17(8-3-1)21-22-18(20-16)19-10-13-5-4-6-14(11-19)15(9-13)12-19/h13-15H,1-12H2. The first-order chi connectivity index (χ1) is 10.8. The van der Waals surface area contributed by atoms with Crippen molar-refractivity contribution in [2.45, 2.75) is 82.5 Å². The number of hydrogen-bond acceptors (Lipinski definition) is 3. The van der Waals surface area contributed by atoms with Gasteiger partial charge in [-0.25, -0.2) is 4.98 Å². The Hall–Kier alpha value is -0.990. The quantitative estimate of drug-likeness (QED) is 0.735. The highest BCUT2D eigenvalue weighted by molar-refractivity contribution is 5.21. The predicted molar refractivity (Wildman–Crippen MR) is 85.6 cm³/mol. The third kappa shape index (κ3) is 2.04. The fraction of sp³-hybridized carbons (Fsp3) is 0.842. The molecule has 5 rings (SSSR count). The lowest BCUT2D eigenvalue weighted by atomic mass is 9.69. The average Bonchev–Trinajstić information content (AvgIpc) is 2.69. The van der Waals surface area contributed by atoms with E-state index >= 15 is 0 Å². The molecule has 4 aliphatic rings. The highest BCUT2D eigenvalue weighted by Gasteiger charge is 2.54. The second-order valence-electron chi connectivity index (χ2n) is 8.53. The number of aromatic nitrogens is 3. The molecule has 3 saturated carbocycles. The molecule has 22 heavy (non-hydrogen) atoms. The van der Waals surface area contributed by atoms with Crippen molar-refractivity contribution in [1.82, 2.24) is 15.2 Å². The summed E-state index contributed by atoms with van der Waals surface area (Å²) >= 11 is 0. The van der Waals surface area contributed by atoms with Crippen molar-refractivity contribution in [2.75, 3.05) is 0 Å². The Bertz CT molecular complexity index is 580. The molecule has 3 heteroatoms. The maximum absolute atomic E-state index is 5.12. The van der Waals surface area contributed by atoms with Crippen LogP contribution < -0.4 is 0 Å². The van der Waals surface area contributed by atoms with Gasteiger partial charge in [0.15, 0.2) is 5.82 Å². The lowest BCUT2D eigenvalue weighted by Gasteiger charge is -2.36. The van der Waals surface area contributed by atoms with E-state index in [0.29, 0.717) is 5.41 Å². The number of hydrogen-bond donors (Lipinski definition) is 0. The van der Waals surface area contributed by atoms with Gasteiger partial charge in [0.1, 0.15) is 0 Å². The lowest BCUT2D eigenvalue weighted by molar-refractivity contribution is 0.208. The molecule has 0 aromatic carbocycles. The van der Waals surface area contributed by atoms with Crippen LogP contribution >= 0.6 is 0 Å². The van der Waals surface area contributed by atoms with Crippen molar-refractivity contribution >= 4 is 0 Å². The molecule has 0 spiro atoms. The van der Waals surface area contributed by atoms with Gasteiger partial charge in [-0.3, -0.25) is 0 Å². The van der Waals surface area contributed by atoms with Crippen molar-refractivity contribution in [3.05, 3.63) is 17.2 Å². The Labute approximate surface area is 133 Å². The molecule has 0 saturated heterocycles. The summed E-state index contributed by atoms with van der Waals surface area (Å²) in [4.78, 5) is 5.12. The molecule has 0 amide bonds. The van der Waals surface area contributed by atoms with Gasteiger partial charge < -0.3 is 0 Å². The highest BCUT2D eigenvalue weighted by atomic mass is 15.2. The van der Waals surface area contributed by atoms with Gasteiger partial charge in [0.05, 0.1) is 11.4 Å². The highest BCUT2D eigenvalue weighted by Crippen LogP contribution is 2.60. The molecule has 118 valence electrons. The zero-order valence-electron chi connectivity index (χ0n) is 13.6. The van der Waals surface area contributed by atoms with E-state index in [9.17, 15) is 0 Å². The lowest BCUT2D eigenvalue weighted by Crippen LogP contribution is -2.33. The number of rotatable bonds is 1. The van der Waals surface area contributed by atoms with Crippen LogP contribution in [0, 0.1) is 17.8 Å². The average molecular weight is 297 g/mol. The van der Waals surface area contributed by atoms with Crippen LogP contribution in [0.5, 0.6) is 0 Å². The first kappa shape index (κ1) is 13.4. The van der Waals surface area contributed by atoms with Gasteiger partial charge in [0.25, 0.3) is 0 Å². The maximum Gasteiger partial charge on any atom is 0.157 e. The van der Waals surface area contributed by atoms with Gasteiger partial charge in [-0.15, -0.1) is 5.10 Å². The molecule has 4 aliphatic carbocycles. The number of fused-ring (bicyclic) bond motifs is 3. The molecule has 0 radical (unpaired) electrons. The summed E-state index contributed by atoms with van der Waals surface area (Å²) in [6.07, 6.45) is 16.0. The zero-order chi connectivity index (χ0) is 14.6. The first-order valence-corrected chi connectivity index (χ1v) is 9.55. The summed E-state index contributed by atoms with van der Waals surface area (Å²) in [7, 11) is 0. The number of nitrogens with zero attached hydrogens (tertiary/aromatic N) is 3. The summed E-state index contributed by atoms with van der Waals surface area (Å²) in [5.74, 6) is 3.99. The maximum atomic E-state index is 5.12. The van der Waals surface area contributed by atoms with Crippen LogP contribution in [0.4, 0.5) is 0 Å². The smallest absolute Gasteiger partial charge is 0.157 e. The third-order valence-corrected chi connectivity index (χ3v) is 7.12. The van der Waals surface area contributed by atoms with Crippen LogP contribution in [0.3, 0.4) is 0 Å². The van der Waals surface area contributed by atoms with E-state index in [4.69, 9.17) is 10.1 Å². The van der Waals surface area contributed by atoms with Gasteiger partial charge in [-0.2, -0.15) is 5.10 Å². The molecule has 0 N–H and O–H groups in total. The van der Waals surface area contributed by atoms with Crippen LogP contribution in [-0.4, -0.2) is 15.2 Å². The Morgan fingerprint density at radius 2 is 1.64 bits per heavy atom. The third-order valence-electron chi connectivity index (χ3n) is 7.12. The van der Waals surface area contributed by atoms with E-state index in [1.807, 2.05) is 0 Å². The molecule has 1 aromatic rings. The Kier molecular flexibility index (Phi) is 3.06. The van der Waals surface area contributed by atoms with Crippen molar-refractivity contribution in [1.29, 1.82) is 0 Å². The molecular weight excluding hydrogens is 270 g/mol. The van der Waals surface area contributed by atoms with Crippen LogP contribution in [0.25, 0.3) is 0 Å². The van der Waals surface area contributed by atoms with Crippen LogP contribution in [0.15, 0.2) is 0 Å². The largest absolute Gasteiger partial charge is 0.233 e. The SMILES string of the molecule is C1CCc2nnc(C34CC5CCCC(C3)C(C5)C4)nc2CC1. The van der Waals surface area contributed by atoms with Gasteiger partial charge in [0.2, 0.25) is 0 Å². The molecule has 1 heterocycles. The minimum atomic E-state index is 0.299. The van der Waals surface area contributed by atoms with E-state index in [0.717, 1.165) is 36.4 Å². The molecular formula is C19H27N3. The summed E-state index contributed by atoms with van der Waals surface area (Å²) < 4.78 is 0. The van der Waals surface area contributed by atoms with Crippen molar-refractivity contribution in [3.8, 4) is 0 Å².